The molecule has 0 aliphatic carbocycles. The van der Waals surface area contributed by atoms with Crippen molar-refractivity contribution >= 4 is 15.7 Å². The van der Waals surface area contributed by atoms with Crippen LogP contribution < -0.4 is 4.74 Å². The van der Waals surface area contributed by atoms with Gasteiger partial charge in [0, 0.05) is 26.4 Å². The molecule has 1 aromatic carbocycles. The number of nitrogens with zero attached hydrogens (tertiary/aromatic N) is 3. The van der Waals surface area contributed by atoms with Crippen molar-refractivity contribution in [2.45, 2.75) is 30.4 Å². The zero-order valence-electron chi connectivity index (χ0n) is 15.2. The monoisotopic (exact) mass is 391 g/mol. The van der Waals surface area contributed by atoms with Gasteiger partial charge in [0.05, 0.1) is 18.8 Å². The molecule has 2 aliphatic rings. The van der Waals surface area contributed by atoms with Crippen molar-refractivity contribution in [2.24, 2.45) is 0 Å². The van der Waals surface area contributed by atoms with E-state index in [1.807, 2.05) is 24.3 Å². The van der Waals surface area contributed by atoms with Gasteiger partial charge in [0.15, 0.2) is 15.7 Å². The average Bonchev–Trinajstić information content (AvgIpc) is 3.15. The Morgan fingerprint density at radius 2 is 2.04 bits per heavy atom. The van der Waals surface area contributed by atoms with Crippen LogP contribution in [0.2, 0.25) is 0 Å². The third-order valence-corrected chi connectivity index (χ3v) is 8.15. The quantitative estimate of drug-likeness (QED) is 0.771. The van der Waals surface area contributed by atoms with E-state index >= 15 is 0 Å². The number of rotatable bonds is 4. The van der Waals surface area contributed by atoms with Gasteiger partial charge in [-0.3, -0.25) is 4.79 Å². The van der Waals surface area contributed by atoms with Gasteiger partial charge < -0.3 is 14.2 Å². The van der Waals surface area contributed by atoms with Gasteiger partial charge in [-0.2, -0.15) is 4.98 Å². The van der Waals surface area contributed by atoms with Crippen molar-refractivity contribution in [2.75, 3.05) is 26.0 Å². The molecular weight excluding hydrogens is 370 g/mol. The molecule has 2 aromatic rings. The van der Waals surface area contributed by atoms with E-state index in [1.54, 1.807) is 12.0 Å². The SMILES string of the molecule is COc1ccc(Cc2noc(C3CCS(=O)(=O)C34CN(C(C)=O)C4)n2)cc1. The third-order valence-electron chi connectivity index (χ3n) is 5.60. The fourth-order valence-electron chi connectivity index (χ4n) is 3.95. The number of methoxy groups -OCH3 is 1. The van der Waals surface area contributed by atoms with Crippen LogP contribution in [-0.2, 0) is 21.1 Å². The second-order valence-electron chi connectivity index (χ2n) is 7.17. The highest BCUT2D eigenvalue weighted by Gasteiger charge is 2.64. The number of hydrogen-bond donors (Lipinski definition) is 0. The minimum atomic E-state index is -3.31. The Bertz CT molecular complexity index is 961. The van der Waals surface area contributed by atoms with Crippen molar-refractivity contribution in [3.8, 4) is 5.75 Å². The first-order chi connectivity index (χ1) is 12.8. The zero-order valence-corrected chi connectivity index (χ0v) is 16.0. The highest BCUT2D eigenvalue weighted by molar-refractivity contribution is 7.93. The van der Waals surface area contributed by atoms with Crippen LogP contribution >= 0.6 is 0 Å². The van der Waals surface area contributed by atoms with Gasteiger partial charge in [-0.15, -0.1) is 0 Å². The van der Waals surface area contributed by atoms with Crippen molar-refractivity contribution < 1.29 is 22.5 Å². The Morgan fingerprint density at radius 1 is 1.33 bits per heavy atom. The standard InChI is InChI=1S/C18H21N3O5S/c1-12(22)21-10-18(11-21)15(7-8-27(18,23)24)17-19-16(20-26-17)9-13-3-5-14(25-2)6-4-13/h3-6,15H,7-11H2,1-2H3. The average molecular weight is 391 g/mol. The topological polar surface area (TPSA) is 103 Å². The third kappa shape index (κ3) is 2.90. The van der Waals surface area contributed by atoms with E-state index in [2.05, 4.69) is 10.1 Å². The zero-order chi connectivity index (χ0) is 19.2. The number of sulfone groups is 1. The number of aromatic nitrogens is 2. The normalized spacial score (nSPS) is 22.6. The molecule has 2 saturated heterocycles. The number of ether oxygens (including phenoxy) is 1. The first-order valence-corrected chi connectivity index (χ1v) is 10.4. The fourth-order valence-corrected chi connectivity index (χ4v) is 6.26. The molecule has 3 heterocycles. The summed E-state index contributed by atoms with van der Waals surface area (Å²) >= 11 is 0. The summed E-state index contributed by atoms with van der Waals surface area (Å²) in [6, 6.07) is 7.57. The van der Waals surface area contributed by atoms with E-state index in [4.69, 9.17) is 9.26 Å². The van der Waals surface area contributed by atoms with Gasteiger partial charge in [0.25, 0.3) is 0 Å². The maximum absolute atomic E-state index is 12.6. The molecule has 4 rings (SSSR count). The first-order valence-electron chi connectivity index (χ1n) is 8.78. The molecule has 2 fully saturated rings. The Balaban J connectivity index is 1.54. The van der Waals surface area contributed by atoms with Crippen LogP contribution in [0.4, 0.5) is 0 Å². The van der Waals surface area contributed by atoms with Crippen molar-refractivity contribution in [3.63, 3.8) is 0 Å². The predicted molar refractivity (Wildman–Crippen MR) is 96.2 cm³/mol. The maximum Gasteiger partial charge on any atom is 0.231 e. The molecular formula is C18H21N3O5S. The molecule has 0 saturated carbocycles. The highest BCUT2D eigenvalue weighted by Crippen LogP contribution is 2.49. The molecule has 1 amide bonds. The molecule has 144 valence electrons. The van der Waals surface area contributed by atoms with Crippen LogP contribution in [0.3, 0.4) is 0 Å². The summed E-state index contributed by atoms with van der Waals surface area (Å²) in [5, 5.41) is 4.03. The second-order valence-corrected chi connectivity index (χ2v) is 9.62. The van der Waals surface area contributed by atoms with Gasteiger partial charge in [-0.1, -0.05) is 17.3 Å². The van der Waals surface area contributed by atoms with Crippen LogP contribution in [0.25, 0.3) is 0 Å². The molecule has 1 atom stereocenters. The van der Waals surface area contributed by atoms with E-state index in [0.29, 0.717) is 24.6 Å². The minimum absolute atomic E-state index is 0.0829. The van der Waals surface area contributed by atoms with Crippen LogP contribution in [0, 0.1) is 0 Å². The van der Waals surface area contributed by atoms with E-state index < -0.39 is 14.6 Å². The highest BCUT2D eigenvalue weighted by atomic mass is 32.2. The molecule has 9 heteroatoms. The summed E-state index contributed by atoms with van der Waals surface area (Å²) in [5.74, 6) is 1.23. The largest absolute Gasteiger partial charge is 0.497 e. The summed E-state index contributed by atoms with van der Waals surface area (Å²) in [6.07, 6.45) is 0.928. The second kappa shape index (κ2) is 6.33. The first kappa shape index (κ1) is 18.0. The Labute approximate surface area is 157 Å². The molecule has 27 heavy (non-hydrogen) atoms. The van der Waals surface area contributed by atoms with Crippen molar-refractivity contribution in [3.05, 3.63) is 41.5 Å². The van der Waals surface area contributed by atoms with E-state index in [1.165, 1.54) is 6.92 Å². The van der Waals surface area contributed by atoms with Crippen LogP contribution in [0.15, 0.2) is 28.8 Å². The van der Waals surface area contributed by atoms with Gasteiger partial charge in [0.2, 0.25) is 11.8 Å². The van der Waals surface area contributed by atoms with Crippen molar-refractivity contribution in [1.29, 1.82) is 0 Å². The van der Waals surface area contributed by atoms with Gasteiger partial charge in [-0.25, -0.2) is 8.42 Å². The number of carbonyl (C=O) groups excluding carboxylic acids is 1. The Morgan fingerprint density at radius 3 is 2.67 bits per heavy atom. The summed E-state index contributed by atoms with van der Waals surface area (Å²) in [4.78, 5) is 17.6. The Hall–Kier alpha value is -2.42. The van der Waals surface area contributed by atoms with E-state index in [-0.39, 0.29) is 30.7 Å². The van der Waals surface area contributed by atoms with E-state index in [0.717, 1.165) is 11.3 Å². The number of likely N-dealkylation sites (tertiary alicyclic amines) is 1. The summed E-state index contributed by atoms with van der Waals surface area (Å²) in [7, 11) is -1.70. The lowest BCUT2D eigenvalue weighted by Crippen LogP contribution is -2.67. The molecule has 0 radical (unpaired) electrons. The minimum Gasteiger partial charge on any atom is -0.497 e. The summed E-state index contributed by atoms with van der Waals surface area (Å²) in [6.45, 7) is 1.85. The lowest BCUT2D eigenvalue weighted by Gasteiger charge is -2.48. The smallest absolute Gasteiger partial charge is 0.231 e. The number of carbonyl (C=O) groups is 1. The summed E-state index contributed by atoms with van der Waals surface area (Å²) in [5.41, 5.74) is 1.00. The van der Waals surface area contributed by atoms with Crippen LogP contribution in [0.5, 0.6) is 5.75 Å². The molecule has 1 aromatic heterocycles. The lowest BCUT2D eigenvalue weighted by molar-refractivity contribution is -0.134. The molecule has 0 bridgehead atoms. The molecule has 2 aliphatic heterocycles. The number of benzene rings is 1. The number of hydrogen-bond acceptors (Lipinski definition) is 7. The van der Waals surface area contributed by atoms with Crippen molar-refractivity contribution in [1.82, 2.24) is 15.0 Å². The molecule has 0 N–H and O–H groups in total. The number of amides is 1. The summed E-state index contributed by atoms with van der Waals surface area (Å²) < 4.78 is 34.9. The molecule has 1 spiro atoms. The maximum atomic E-state index is 12.6. The fraction of sp³-hybridized carbons (Fsp3) is 0.500. The Kier molecular flexibility index (Phi) is 4.21. The molecule has 1 unspecified atom stereocenters. The van der Waals surface area contributed by atoms with Gasteiger partial charge >= 0.3 is 0 Å². The van der Waals surface area contributed by atoms with Crippen LogP contribution in [-0.4, -0.2) is 60.1 Å². The van der Waals surface area contributed by atoms with Gasteiger partial charge in [-0.05, 0) is 24.1 Å². The lowest BCUT2D eigenvalue weighted by atomic mass is 9.83. The van der Waals surface area contributed by atoms with Gasteiger partial charge in [0.1, 0.15) is 10.5 Å². The molecule has 8 nitrogen and oxygen atoms in total. The predicted octanol–water partition coefficient (Wildman–Crippen LogP) is 1.17. The van der Waals surface area contributed by atoms with E-state index in [9.17, 15) is 13.2 Å². The van der Waals surface area contributed by atoms with Crippen LogP contribution in [0.1, 0.15) is 36.5 Å².